The van der Waals surface area contributed by atoms with Gasteiger partial charge >= 0.3 is 6.03 Å². The average molecular weight is 383 g/mol. The van der Waals surface area contributed by atoms with Crippen molar-refractivity contribution in [3.8, 4) is 0 Å². The van der Waals surface area contributed by atoms with Crippen molar-refractivity contribution in [1.82, 2.24) is 9.97 Å². The van der Waals surface area contributed by atoms with Crippen molar-refractivity contribution in [3.63, 3.8) is 0 Å². The molecule has 0 saturated heterocycles. The summed E-state index contributed by atoms with van der Waals surface area (Å²) >= 11 is 0. The van der Waals surface area contributed by atoms with Crippen molar-refractivity contribution in [2.45, 2.75) is 52.9 Å². The molecule has 150 valence electrons. The number of aromatic nitrogens is 2. The van der Waals surface area contributed by atoms with Crippen LogP contribution in [0.4, 0.5) is 22.2 Å². The Balaban J connectivity index is 1.94. The number of hydrogen-bond donors (Lipinski definition) is 3. The molecular weight excluding hydrogens is 354 g/mol. The Bertz CT molecular complexity index is 826. The zero-order valence-electron chi connectivity index (χ0n) is 17.2. The summed E-state index contributed by atoms with van der Waals surface area (Å²) in [6.07, 6.45) is 1.25. The molecule has 7 heteroatoms. The number of amides is 2. The van der Waals surface area contributed by atoms with E-state index in [-0.39, 0.29) is 17.1 Å². The Kier molecular flexibility index (Phi) is 7.09. The first-order valence-electron chi connectivity index (χ1n) is 9.41. The molecule has 7 nitrogen and oxygen atoms in total. The van der Waals surface area contributed by atoms with Gasteiger partial charge in [-0.15, -0.1) is 0 Å². The molecule has 0 atom stereocenters. The highest BCUT2D eigenvalue weighted by Crippen LogP contribution is 2.23. The molecule has 2 aromatic rings. The molecule has 1 aromatic carbocycles. The van der Waals surface area contributed by atoms with Crippen LogP contribution in [0.5, 0.6) is 0 Å². The number of ketones is 1. The fourth-order valence-corrected chi connectivity index (χ4v) is 2.59. The molecule has 0 saturated carbocycles. The summed E-state index contributed by atoms with van der Waals surface area (Å²) in [5.74, 6) is 0.994. The van der Waals surface area contributed by atoms with Crippen LogP contribution in [-0.2, 0) is 10.2 Å². The second kappa shape index (κ2) is 9.30. The molecule has 0 aliphatic carbocycles. The highest BCUT2D eigenvalue weighted by atomic mass is 16.2. The molecule has 0 fully saturated rings. The molecule has 28 heavy (non-hydrogen) atoms. The third-order valence-corrected chi connectivity index (χ3v) is 4.10. The number of nitrogens with one attached hydrogen (secondary N) is 3. The third kappa shape index (κ3) is 6.98. The van der Waals surface area contributed by atoms with Crippen LogP contribution in [0.25, 0.3) is 0 Å². The fraction of sp³-hybridized carbons (Fsp3) is 0.429. The second-order valence-electron chi connectivity index (χ2n) is 7.86. The molecule has 0 bridgehead atoms. The van der Waals surface area contributed by atoms with E-state index in [4.69, 9.17) is 0 Å². The van der Waals surface area contributed by atoms with Gasteiger partial charge in [0.25, 0.3) is 0 Å². The largest absolute Gasteiger partial charge is 0.370 e. The van der Waals surface area contributed by atoms with Crippen LogP contribution in [0.1, 0.15) is 51.8 Å². The van der Waals surface area contributed by atoms with Gasteiger partial charge in [0.1, 0.15) is 11.6 Å². The van der Waals surface area contributed by atoms with E-state index in [2.05, 4.69) is 46.7 Å². The monoisotopic (exact) mass is 383 g/mol. The summed E-state index contributed by atoms with van der Waals surface area (Å²) in [6, 6.07) is 9.14. The van der Waals surface area contributed by atoms with Crippen molar-refractivity contribution in [3.05, 3.63) is 41.6 Å². The number of aryl methyl sites for hydroxylation is 1. The van der Waals surface area contributed by atoms with Gasteiger partial charge in [-0.25, -0.2) is 9.78 Å². The molecule has 1 aromatic heterocycles. The number of rotatable bonds is 7. The van der Waals surface area contributed by atoms with Crippen molar-refractivity contribution in [2.75, 3.05) is 22.5 Å². The minimum atomic E-state index is -0.406. The number of nitrogens with zero attached hydrogens (tertiary/aromatic N) is 2. The fourth-order valence-electron chi connectivity index (χ4n) is 2.59. The van der Waals surface area contributed by atoms with Crippen LogP contribution in [0.2, 0.25) is 0 Å². The van der Waals surface area contributed by atoms with E-state index < -0.39 is 6.03 Å². The Morgan fingerprint density at radius 2 is 1.71 bits per heavy atom. The number of carbonyl (C=O) groups excluding carboxylic acids is 2. The number of anilines is 3. The minimum Gasteiger partial charge on any atom is -0.370 e. The van der Waals surface area contributed by atoms with Crippen LogP contribution in [0, 0.1) is 6.92 Å². The average Bonchev–Trinajstić information content (AvgIpc) is 2.57. The number of carbonyl (C=O) groups is 2. The molecule has 0 radical (unpaired) electrons. The highest BCUT2D eigenvalue weighted by Gasteiger charge is 2.13. The van der Waals surface area contributed by atoms with Crippen molar-refractivity contribution >= 4 is 29.3 Å². The maximum atomic E-state index is 12.3. The van der Waals surface area contributed by atoms with Gasteiger partial charge < -0.3 is 15.4 Å². The van der Waals surface area contributed by atoms with Gasteiger partial charge in [-0.1, -0.05) is 32.9 Å². The van der Waals surface area contributed by atoms with E-state index in [0.29, 0.717) is 24.5 Å². The van der Waals surface area contributed by atoms with Gasteiger partial charge in [0, 0.05) is 30.4 Å². The molecule has 0 aliphatic rings. The van der Waals surface area contributed by atoms with Crippen LogP contribution in [0.3, 0.4) is 0 Å². The molecule has 0 spiro atoms. The Labute approximate surface area is 166 Å². The molecule has 2 rings (SSSR count). The summed E-state index contributed by atoms with van der Waals surface area (Å²) in [6.45, 7) is 10.5. The van der Waals surface area contributed by atoms with Crippen LogP contribution >= 0.6 is 0 Å². The summed E-state index contributed by atoms with van der Waals surface area (Å²) in [5, 5.41) is 8.59. The second-order valence-corrected chi connectivity index (χ2v) is 7.86. The summed E-state index contributed by atoms with van der Waals surface area (Å²) in [7, 11) is 0. The normalized spacial score (nSPS) is 11.0. The van der Waals surface area contributed by atoms with Crippen molar-refractivity contribution < 1.29 is 9.59 Å². The van der Waals surface area contributed by atoms with Crippen molar-refractivity contribution in [2.24, 2.45) is 0 Å². The molecule has 1 heterocycles. The van der Waals surface area contributed by atoms with Gasteiger partial charge in [-0.05, 0) is 43.4 Å². The third-order valence-electron chi connectivity index (χ3n) is 4.10. The predicted molar refractivity (Wildman–Crippen MR) is 113 cm³/mol. The summed E-state index contributed by atoms with van der Waals surface area (Å²) in [5.41, 5.74) is 2.68. The maximum absolute atomic E-state index is 12.3. The van der Waals surface area contributed by atoms with Crippen LogP contribution < -0.4 is 16.0 Å². The molecular formula is C21H29N5O2. The van der Waals surface area contributed by atoms with E-state index in [1.807, 2.05) is 31.2 Å². The van der Waals surface area contributed by atoms with Crippen LogP contribution in [-0.4, -0.2) is 28.3 Å². The Morgan fingerprint density at radius 3 is 2.32 bits per heavy atom. The van der Waals surface area contributed by atoms with Gasteiger partial charge in [0.2, 0.25) is 5.95 Å². The SMILES string of the molecule is CC(=O)CCCNc1cc(C)nc(NC(=O)Nc2ccc(C(C)(C)C)cc2)n1. The van der Waals surface area contributed by atoms with E-state index in [1.165, 1.54) is 5.56 Å². The van der Waals surface area contributed by atoms with Gasteiger partial charge in [0.15, 0.2) is 0 Å². The van der Waals surface area contributed by atoms with E-state index >= 15 is 0 Å². The number of urea groups is 1. The molecule has 0 aliphatic heterocycles. The molecule has 3 N–H and O–H groups in total. The minimum absolute atomic E-state index is 0.0595. The van der Waals surface area contributed by atoms with Gasteiger partial charge in [-0.3, -0.25) is 5.32 Å². The van der Waals surface area contributed by atoms with Gasteiger partial charge in [0.05, 0.1) is 0 Å². The lowest BCUT2D eigenvalue weighted by Crippen LogP contribution is -2.21. The van der Waals surface area contributed by atoms with E-state index in [9.17, 15) is 9.59 Å². The summed E-state index contributed by atoms with van der Waals surface area (Å²) in [4.78, 5) is 31.8. The zero-order chi connectivity index (χ0) is 20.7. The highest BCUT2D eigenvalue weighted by molar-refractivity contribution is 5.98. The predicted octanol–water partition coefficient (Wildman–Crippen LogP) is 4.51. The lowest BCUT2D eigenvalue weighted by molar-refractivity contribution is -0.117. The number of benzene rings is 1. The zero-order valence-corrected chi connectivity index (χ0v) is 17.2. The molecule has 0 unspecified atom stereocenters. The Morgan fingerprint density at radius 1 is 1.04 bits per heavy atom. The van der Waals surface area contributed by atoms with E-state index in [0.717, 1.165) is 12.1 Å². The lowest BCUT2D eigenvalue weighted by Gasteiger charge is -2.19. The first-order valence-corrected chi connectivity index (χ1v) is 9.41. The summed E-state index contributed by atoms with van der Waals surface area (Å²) < 4.78 is 0. The maximum Gasteiger partial charge on any atom is 0.326 e. The standard InChI is InChI=1S/C21H29N5O2/c1-14-13-18(22-12-6-7-15(2)27)25-19(23-14)26-20(28)24-17-10-8-16(9-11-17)21(3,4)5/h8-11,13H,6-7,12H2,1-5H3,(H3,22,23,24,25,26,28). The topological polar surface area (TPSA) is 96.0 Å². The van der Waals surface area contributed by atoms with Crippen molar-refractivity contribution in [1.29, 1.82) is 0 Å². The first kappa shape index (κ1) is 21.3. The Hall–Kier alpha value is -2.96. The first-order chi connectivity index (χ1) is 13.1. The smallest absolute Gasteiger partial charge is 0.326 e. The molecule has 2 amide bonds. The number of Topliss-reactive ketones (excluding diaryl/α,β-unsaturated/α-hetero) is 1. The van der Waals surface area contributed by atoms with Crippen LogP contribution in [0.15, 0.2) is 30.3 Å². The number of hydrogen-bond acceptors (Lipinski definition) is 5. The lowest BCUT2D eigenvalue weighted by atomic mass is 9.87. The van der Waals surface area contributed by atoms with E-state index in [1.54, 1.807) is 13.0 Å². The quantitative estimate of drug-likeness (QED) is 0.612. The van der Waals surface area contributed by atoms with Gasteiger partial charge in [-0.2, -0.15) is 4.98 Å².